The quantitative estimate of drug-likeness (QED) is 0.524. The summed E-state index contributed by atoms with van der Waals surface area (Å²) in [6.45, 7) is 5.72. The lowest BCUT2D eigenvalue weighted by Gasteiger charge is -2.11. The maximum atomic E-state index is 12.3. The van der Waals surface area contributed by atoms with E-state index in [-0.39, 0.29) is 17.7 Å². The second-order valence-corrected chi connectivity index (χ2v) is 6.98. The predicted molar refractivity (Wildman–Crippen MR) is 102 cm³/mol. The predicted octanol–water partition coefficient (Wildman–Crippen LogP) is 3.82. The first-order valence-electron chi connectivity index (χ1n) is 8.27. The van der Waals surface area contributed by atoms with E-state index in [1.165, 1.54) is 11.8 Å². The van der Waals surface area contributed by atoms with Gasteiger partial charge in [0.2, 0.25) is 5.91 Å². The van der Waals surface area contributed by atoms with Gasteiger partial charge in [0.05, 0.1) is 18.9 Å². The van der Waals surface area contributed by atoms with Crippen LogP contribution in [0.1, 0.15) is 30.1 Å². The molecule has 0 spiro atoms. The maximum absolute atomic E-state index is 12.3. The van der Waals surface area contributed by atoms with Crippen molar-refractivity contribution in [1.82, 2.24) is 15.3 Å². The van der Waals surface area contributed by atoms with E-state index in [0.717, 1.165) is 16.8 Å². The summed E-state index contributed by atoms with van der Waals surface area (Å²) < 4.78 is 11.2. The van der Waals surface area contributed by atoms with Crippen molar-refractivity contribution in [3.05, 3.63) is 47.5 Å². The Bertz CT molecular complexity index is 919. The molecule has 2 aromatic heterocycles. The molecule has 0 aliphatic heterocycles. The van der Waals surface area contributed by atoms with Crippen molar-refractivity contribution < 1.29 is 13.9 Å². The highest BCUT2D eigenvalue weighted by molar-refractivity contribution is 7.99. The second-order valence-electron chi connectivity index (χ2n) is 6.04. The van der Waals surface area contributed by atoms with Gasteiger partial charge in [-0.3, -0.25) is 4.79 Å². The fourth-order valence-electron chi connectivity index (χ4n) is 2.67. The molecule has 0 aliphatic carbocycles. The molecule has 0 radical (unpaired) electrons. The Balaban J connectivity index is 1.64. The third-order valence-corrected chi connectivity index (χ3v) is 4.69. The number of ether oxygens (including phenoxy) is 1. The Morgan fingerprint density at radius 3 is 2.69 bits per heavy atom. The molecule has 0 fully saturated rings. The van der Waals surface area contributed by atoms with Crippen molar-refractivity contribution in [1.29, 1.82) is 0 Å². The van der Waals surface area contributed by atoms with Crippen LogP contribution in [-0.4, -0.2) is 28.7 Å². The Morgan fingerprint density at radius 2 is 2.00 bits per heavy atom. The van der Waals surface area contributed by atoms with E-state index in [1.807, 2.05) is 51.1 Å². The van der Waals surface area contributed by atoms with E-state index >= 15 is 0 Å². The molecule has 0 bridgehead atoms. The number of methoxy groups -OCH3 is 1. The number of hydrogen-bond acceptors (Lipinski definition) is 6. The molecule has 1 N–H and O–H groups in total. The molecule has 0 aliphatic rings. The van der Waals surface area contributed by atoms with Gasteiger partial charge in [0, 0.05) is 16.8 Å². The van der Waals surface area contributed by atoms with E-state index in [9.17, 15) is 4.79 Å². The van der Waals surface area contributed by atoms with Gasteiger partial charge in [0.15, 0.2) is 16.5 Å². The molecule has 7 heteroatoms. The molecule has 0 saturated carbocycles. The van der Waals surface area contributed by atoms with E-state index in [0.29, 0.717) is 22.2 Å². The molecule has 1 amide bonds. The average molecular weight is 371 g/mol. The first kappa shape index (κ1) is 18.3. The topological polar surface area (TPSA) is 77.2 Å². The molecule has 26 heavy (non-hydrogen) atoms. The standard InChI is InChI=1S/C19H21N3O3S/c1-11-8-12(2)21-19(20-11)26-10-17(23)22-13(3)16-9-14-6-5-7-15(24-4)18(14)25-16/h5-9,13H,10H2,1-4H3,(H,22,23)/t13-/m1/s1. The number of fused-ring (bicyclic) bond motifs is 1. The first-order valence-corrected chi connectivity index (χ1v) is 9.25. The van der Waals surface area contributed by atoms with Crippen LogP contribution in [0.25, 0.3) is 11.0 Å². The summed E-state index contributed by atoms with van der Waals surface area (Å²) in [7, 11) is 1.61. The number of rotatable bonds is 6. The minimum atomic E-state index is -0.250. The summed E-state index contributed by atoms with van der Waals surface area (Å²) in [5.41, 5.74) is 2.47. The van der Waals surface area contributed by atoms with Crippen molar-refractivity contribution in [2.45, 2.75) is 32.0 Å². The van der Waals surface area contributed by atoms with Crippen LogP contribution in [0.2, 0.25) is 0 Å². The molecule has 3 aromatic rings. The van der Waals surface area contributed by atoms with Gasteiger partial charge in [-0.25, -0.2) is 9.97 Å². The summed E-state index contributed by atoms with van der Waals surface area (Å²) in [5, 5.41) is 4.50. The number of benzene rings is 1. The van der Waals surface area contributed by atoms with Gasteiger partial charge in [0.25, 0.3) is 0 Å². The third kappa shape index (κ3) is 4.16. The smallest absolute Gasteiger partial charge is 0.231 e. The highest BCUT2D eigenvalue weighted by Gasteiger charge is 2.16. The van der Waals surface area contributed by atoms with Gasteiger partial charge >= 0.3 is 0 Å². The Hall–Kier alpha value is -2.54. The van der Waals surface area contributed by atoms with Gasteiger partial charge in [-0.05, 0) is 39.0 Å². The number of thioether (sulfide) groups is 1. The summed E-state index contributed by atoms with van der Waals surface area (Å²) >= 11 is 1.32. The number of amides is 1. The summed E-state index contributed by atoms with van der Waals surface area (Å²) in [6.07, 6.45) is 0. The van der Waals surface area contributed by atoms with Crippen LogP contribution in [0, 0.1) is 13.8 Å². The highest BCUT2D eigenvalue weighted by Crippen LogP contribution is 2.30. The number of furan rings is 1. The van der Waals surface area contributed by atoms with E-state index in [2.05, 4.69) is 15.3 Å². The lowest BCUT2D eigenvalue weighted by molar-refractivity contribution is -0.119. The van der Waals surface area contributed by atoms with Gasteiger partial charge in [-0.1, -0.05) is 23.9 Å². The summed E-state index contributed by atoms with van der Waals surface area (Å²) in [5.74, 6) is 1.51. The molecule has 0 unspecified atom stereocenters. The van der Waals surface area contributed by atoms with Crippen molar-refractivity contribution >= 4 is 28.6 Å². The highest BCUT2D eigenvalue weighted by atomic mass is 32.2. The minimum absolute atomic E-state index is 0.0994. The number of aryl methyl sites for hydroxylation is 2. The zero-order valence-corrected chi connectivity index (χ0v) is 16.0. The molecule has 1 atom stereocenters. The molecule has 136 valence electrons. The number of hydrogen-bond donors (Lipinski definition) is 1. The number of nitrogens with one attached hydrogen (secondary N) is 1. The van der Waals surface area contributed by atoms with E-state index in [4.69, 9.17) is 9.15 Å². The van der Waals surface area contributed by atoms with Crippen LogP contribution in [-0.2, 0) is 4.79 Å². The molecule has 1 aromatic carbocycles. The number of nitrogens with zero attached hydrogens (tertiary/aromatic N) is 2. The fourth-order valence-corrected chi connectivity index (χ4v) is 3.43. The largest absolute Gasteiger partial charge is 0.493 e. The van der Waals surface area contributed by atoms with Crippen LogP contribution in [0.3, 0.4) is 0 Å². The molecule has 6 nitrogen and oxygen atoms in total. The SMILES string of the molecule is COc1cccc2cc([C@@H](C)NC(=O)CSc3nc(C)cc(C)n3)oc12. The molecule has 2 heterocycles. The number of carbonyl (C=O) groups excluding carboxylic acids is 1. The van der Waals surface area contributed by atoms with Crippen LogP contribution in [0.4, 0.5) is 0 Å². The van der Waals surface area contributed by atoms with Crippen LogP contribution in [0.15, 0.2) is 39.9 Å². The number of carbonyl (C=O) groups is 1. The molecular formula is C19H21N3O3S. The Labute approximate surface area is 156 Å². The Kier molecular flexibility index (Phi) is 5.46. The third-order valence-electron chi connectivity index (χ3n) is 3.85. The zero-order chi connectivity index (χ0) is 18.7. The maximum Gasteiger partial charge on any atom is 0.231 e. The molecule has 3 rings (SSSR count). The van der Waals surface area contributed by atoms with Crippen molar-refractivity contribution in [2.24, 2.45) is 0 Å². The van der Waals surface area contributed by atoms with E-state index in [1.54, 1.807) is 7.11 Å². The lowest BCUT2D eigenvalue weighted by atomic mass is 10.2. The second kappa shape index (κ2) is 7.78. The first-order chi connectivity index (χ1) is 12.5. The van der Waals surface area contributed by atoms with Crippen LogP contribution in [0.5, 0.6) is 5.75 Å². The zero-order valence-electron chi connectivity index (χ0n) is 15.2. The summed E-state index contributed by atoms with van der Waals surface area (Å²) in [6, 6.07) is 9.28. The van der Waals surface area contributed by atoms with Crippen LogP contribution < -0.4 is 10.1 Å². The fraction of sp³-hybridized carbons (Fsp3) is 0.316. The molecular weight excluding hydrogens is 350 g/mol. The van der Waals surface area contributed by atoms with Gasteiger partial charge in [0.1, 0.15) is 5.76 Å². The lowest BCUT2D eigenvalue weighted by Crippen LogP contribution is -2.28. The van der Waals surface area contributed by atoms with Crippen molar-refractivity contribution in [2.75, 3.05) is 12.9 Å². The van der Waals surface area contributed by atoms with E-state index < -0.39 is 0 Å². The minimum Gasteiger partial charge on any atom is -0.493 e. The van der Waals surface area contributed by atoms with Crippen molar-refractivity contribution in [3.63, 3.8) is 0 Å². The van der Waals surface area contributed by atoms with Crippen molar-refractivity contribution in [3.8, 4) is 5.75 Å². The number of aromatic nitrogens is 2. The normalized spacial score (nSPS) is 12.2. The van der Waals surface area contributed by atoms with Crippen LogP contribution >= 0.6 is 11.8 Å². The monoisotopic (exact) mass is 371 g/mol. The average Bonchev–Trinajstić information content (AvgIpc) is 3.03. The van der Waals surface area contributed by atoms with Gasteiger partial charge in [-0.2, -0.15) is 0 Å². The molecule has 0 saturated heterocycles. The Morgan fingerprint density at radius 1 is 1.27 bits per heavy atom. The van der Waals surface area contributed by atoms with Gasteiger partial charge in [-0.15, -0.1) is 0 Å². The summed E-state index contributed by atoms with van der Waals surface area (Å²) in [4.78, 5) is 20.9. The van der Waals surface area contributed by atoms with Gasteiger partial charge < -0.3 is 14.5 Å². The number of para-hydroxylation sites is 1.